The van der Waals surface area contributed by atoms with Crippen molar-refractivity contribution in [2.45, 2.75) is 20.4 Å². The number of amides is 1. The number of hydrogen-bond acceptors (Lipinski definition) is 3. The lowest BCUT2D eigenvalue weighted by Gasteiger charge is -2.09. The van der Waals surface area contributed by atoms with E-state index in [-0.39, 0.29) is 11.8 Å². The van der Waals surface area contributed by atoms with Gasteiger partial charge in [0.1, 0.15) is 11.5 Å². The fourth-order valence-corrected chi connectivity index (χ4v) is 2.96. The number of nitrogens with one attached hydrogen (secondary N) is 2. The number of halogens is 2. The van der Waals surface area contributed by atoms with E-state index in [2.05, 4.69) is 10.6 Å². The molecule has 3 rings (SSSR count). The molecule has 0 radical (unpaired) electrons. The molecule has 6 heteroatoms. The monoisotopic (exact) mass is 402 g/mol. The summed E-state index contributed by atoms with van der Waals surface area (Å²) < 4.78 is 5.87. The lowest BCUT2D eigenvalue weighted by molar-refractivity contribution is -0.118. The van der Waals surface area contributed by atoms with E-state index < -0.39 is 0 Å². The van der Waals surface area contributed by atoms with Gasteiger partial charge in [-0.05, 0) is 54.6 Å². The summed E-state index contributed by atoms with van der Waals surface area (Å²) in [5.41, 5.74) is 2.51. The summed E-state index contributed by atoms with van der Waals surface area (Å²) in [6, 6.07) is 16.7. The molecule has 0 bridgehead atoms. The molecule has 0 atom stereocenters. The molecule has 0 fully saturated rings. The first-order chi connectivity index (χ1) is 12.9. The first-order valence-electron chi connectivity index (χ1n) is 8.61. The Kier molecular flexibility index (Phi) is 6.09. The average molecular weight is 403 g/mol. The number of benzene rings is 2. The largest absolute Gasteiger partial charge is 0.459 e. The molecule has 2 N–H and O–H groups in total. The fraction of sp³-hybridized carbons (Fsp3) is 0.190. The molecule has 0 saturated carbocycles. The van der Waals surface area contributed by atoms with Gasteiger partial charge in [-0.3, -0.25) is 4.79 Å². The Hall–Kier alpha value is -2.43. The zero-order valence-corrected chi connectivity index (χ0v) is 16.6. The van der Waals surface area contributed by atoms with Gasteiger partial charge in [0.05, 0.1) is 11.6 Å². The predicted octanol–water partition coefficient (Wildman–Crippen LogP) is 6.46. The Balaban J connectivity index is 1.61. The second-order valence-corrected chi connectivity index (χ2v) is 7.31. The minimum Gasteiger partial charge on any atom is -0.459 e. The van der Waals surface area contributed by atoms with Crippen LogP contribution in [0.5, 0.6) is 0 Å². The van der Waals surface area contributed by atoms with Crippen LogP contribution in [0.4, 0.5) is 11.4 Å². The van der Waals surface area contributed by atoms with E-state index in [1.165, 1.54) is 0 Å². The first-order valence-corrected chi connectivity index (χ1v) is 9.37. The highest BCUT2D eigenvalue weighted by atomic mass is 35.5. The topological polar surface area (TPSA) is 54.3 Å². The average Bonchev–Trinajstić information content (AvgIpc) is 3.09. The van der Waals surface area contributed by atoms with Gasteiger partial charge >= 0.3 is 0 Å². The normalized spacial score (nSPS) is 10.9. The quantitative estimate of drug-likeness (QED) is 0.497. The molecule has 27 heavy (non-hydrogen) atoms. The van der Waals surface area contributed by atoms with Gasteiger partial charge in [-0.1, -0.05) is 37.0 Å². The molecule has 3 aromatic rings. The van der Waals surface area contributed by atoms with E-state index in [0.29, 0.717) is 22.4 Å². The zero-order chi connectivity index (χ0) is 19.4. The van der Waals surface area contributed by atoms with Gasteiger partial charge in [-0.25, -0.2) is 0 Å². The highest BCUT2D eigenvalue weighted by Crippen LogP contribution is 2.31. The minimum absolute atomic E-state index is 0.000292. The third kappa shape index (κ3) is 5.06. The van der Waals surface area contributed by atoms with Crippen LogP contribution in [0.15, 0.2) is 59.0 Å². The van der Waals surface area contributed by atoms with E-state index in [0.717, 1.165) is 22.7 Å². The van der Waals surface area contributed by atoms with Crippen molar-refractivity contribution in [1.82, 2.24) is 0 Å². The van der Waals surface area contributed by atoms with Gasteiger partial charge in [0, 0.05) is 27.9 Å². The van der Waals surface area contributed by atoms with Crippen molar-refractivity contribution in [3.63, 3.8) is 0 Å². The maximum atomic E-state index is 11.7. The molecule has 1 aromatic heterocycles. The van der Waals surface area contributed by atoms with E-state index in [1.807, 2.05) is 56.3 Å². The van der Waals surface area contributed by atoms with Crippen LogP contribution in [0.25, 0.3) is 11.3 Å². The van der Waals surface area contributed by atoms with Crippen LogP contribution in [0.2, 0.25) is 10.0 Å². The lowest BCUT2D eigenvalue weighted by atomic mass is 10.2. The lowest BCUT2D eigenvalue weighted by Crippen LogP contribution is -2.17. The fourth-order valence-electron chi connectivity index (χ4n) is 2.45. The Bertz CT molecular complexity index is 934. The SMILES string of the molecule is CC(C)C(=O)Nc1ccc(NCc2ccc(-c3ccc(Cl)cc3Cl)o2)cc1. The summed E-state index contributed by atoms with van der Waals surface area (Å²) in [7, 11) is 0. The van der Waals surface area contributed by atoms with Gasteiger partial charge in [-0.15, -0.1) is 0 Å². The van der Waals surface area contributed by atoms with Crippen molar-refractivity contribution in [2.75, 3.05) is 10.6 Å². The van der Waals surface area contributed by atoms with Crippen LogP contribution in [-0.2, 0) is 11.3 Å². The molecule has 0 saturated heterocycles. The smallest absolute Gasteiger partial charge is 0.226 e. The van der Waals surface area contributed by atoms with Crippen molar-refractivity contribution in [3.05, 3.63) is 70.4 Å². The maximum absolute atomic E-state index is 11.7. The van der Waals surface area contributed by atoms with Crippen molar-refractivity contribution in [3.8, 4) is 11.3 Å². The molecule has 0 aliphatic rings. The van der Waals surface area contributed by atoms with E-state index in [9.17, 15) is 4.79 Å². The molecule has 0 aliphatic heterocycles. The highest BCUT2D eigenvalue weighted by molar-refractivity contribution is 6.36. The number of hydrogen-bond donors (Lipinski definition) is 2. The summed E-state index contributed by atoms with van der Waals surface area (Å²) in [5, 5.41) is 7.30. The number of furan rings is 1. The van der Waals surface area contributed by atoms with E-state index in [1.54, 1.807) is 12.1 Å². The van der Waals surface area contributed by atoms with Crippen molar-refractivity contribution in [2.24, 2.45) is 5.92 Å². The molecule has 0 spiro atoms. The summed E-state index contributed by atoms with van der Waals surface area (Å²) in [6.45, 7) is 4.25. The molecule has 4 nitrogen and oxygen atoms in total. The Morgan fingerprint density at radius 1 is 1.00 bits per heavy atom. The zero-order valence-electron chi connectivity index (χ0n) is 15.1. The highest BCUT2D eigenvalue weighted by Gasteiger charge is 2.10. The number of carbonyl (C=O) groups is 1. The molecule has 140 valence electrons. The van der Waals surface area contributed by atoms with Crippen LogP contribution in [0, 0.1) is 5.92 Å². The molecule has 2 aromatic carbocycles. The standard InChI is InChI=1S/C21H20Cl2N2O2/c1-13(2)21(26)25-16-6-4-15(5-7-16)24-12-17-8-10-20(27-17)18-9-3-14(22)11-19(18)23/h3-11,13,24H,12H2,1-2H3,(H,25,26). The second-order valence-electron chi connectivity index (χ2n) is 6.46. The Morgan fingerprint density at radius 2 is 1.70 bits per heavy atom. The predicted molar refractivity (Wildman–Crippen MR) is 111 cm³/mol. The van der Waals surface area contributed by atoms with Gasteiger partial charge < -0.3 is 15.1 Å². The van der Waals surface area contributed by atoms with E-state index in [4.69, 9.17) is 27.6 Å². The van der Waals surface area contributed by atoms with Gasteiger partial charge in [0.25, 0.3) is 0 Å². The summed E-state index contributed by atoms with van der Waals surface area (Å²) in [6.07, 6.45) is 0. The van der Waals surface area contributed by atoms with Crippen LogP contribution < -0.4 is 10.6 Å². The van der Waals surface area contributed by atoms with Crippen LogP contribution in [0.3, 0.4) is 0 Å². The molecule has 1 amide bonds. The number of rotatable bonds is 6. The van der Waals surface area contributed by atoms with Crippen LogP contribution in [0.1, 0.15) is 19.6 Å². The number of carbonyl (C=O) groups excluding carboxylic acids is 1. The molecule has 0 unspecified atom stereocenters. The van der Waals surface area contributed by atoms with Crippen molar-refractivity contribution >= 4 is 40.5 Å². The molecule has 1 heterocycles. The first kappa shape index (κ1) is 19.3. The Labute approximate surface area is 168 Å². The third-order valence-electron chi connectivity index (χ3n) is 4.00. The van der Waals surface area contributed by atoms with Gasteiger partial charge in [0.2, 0.25) is 5.91 Å². The summed E-state index contributed by atoms with van der Waals surface area (Å²) >= 11 is 12.2. The molecular formula is C21H20Cl2N2O2. The van der Waals surface area contributed by atoms with Crippen molar-refractivity contribution < 1.29 is 9.21 Å². The van der Waals surface area contributed by atoms with Crippen LogP contribution >= 0.6 is 23.2 Å². The Morgan fingerprint density at radius 3 is 2.37 bits per heavy atom. The second kappa shape index (κ2) is 8.51. The number of anilines is 2. The molecular weight excluding hydrogens is 383 g/mol. The van der Waals surface area contributed by atoms with E-state index >= 15 is 0 Å². The van der Waals surface area contributed by atoms with Crippen molar-refractivity contribution in [1.29, 1.82) is 0 Å². The summed E-state index contributed by atoms with van der Waals surface area (Å²) in [4.78, 5) is 11.7. The molecule has 0 aliphatic carbocycles. The van der Waals surface area contributed by atoms with Gasteiger partial charge in [-0.2, -0.15) is 0 Å². The van der Waals surface area contributed by atoms with Crippen LogP contribution in [-0.4, -0.2) is 5.91 Å². The maximum Gasteiger partial charge on any atom is 0.226 e. The summed E-state index contributed by atoms with van der Waals surface area (Å²) in [5.74, 6) is 1.43. The minimum atomic E-state index is -0.0508. The third-order valence-corrected chi connectivity index (χ3v) is 4.55. The van der Waals surface area contributed by atoms with Gasteiger partial charge in [0.15, 0.2) is 0 Å².